The third kappa shape index (κ3) is 4.65. The maximum absolute atomic E-state index is 13.2. The van der Waals surface area contributed by atoms with Crippen molar-refractivity contribution in [2.45, 2.75) is 19.0 Å². The molecule has 0 bridgehead atoms. The Bertz CT molecular complexity index is 1140. The largest absolute Gasteiger partial charge is 0.452 e. The zero-order valence-corrected chi connectivity index (χ0v) is 19.0. The second kappa shape index (κ2) is 8.08. The second-order valence-corrected chi connectivity index (χ2v) is 10.7. The van der Waals surface area contributed by atoms with E-state index in [0.717, 1.165) is 10.0 Å². The van der Waals surface area contributed by atoms with Gasteiger partial charge in [0.2, 0.25) is 0 Å². The highest BCUT2D eigenvalue weighted by Gasteiger charge is 2.36. The van der Waals surface area contributed by atoms with E-state index in [9.17, 15) is 13.2 Å². The minimum atomic E-state index is -3.17. The summed E-state index contributed by atoms with van der Waals surface area (Å²) in [6, 6.07) is 12.0. The number of nitrogens with zero attached hydrogens (tertiary/aromatic N) is 2. The fraction of sp³-hybridized carbons (Fsp3) is 0.263. The summed E-state index contributed by atoms with van der Waals surface area (Å²) < 4.78 is 36.3. The van der Waals surface area contributed by atoms with E-state index in [1.165, 1.54) is 4.90 Å². The number of hydrogen-bond acceptors (Lipinski definition) is 6. The Hall–Kier alpha value is -1.91. The standard InChI is InChI=1S/C19H16Br2N2O5S/c20-13-3-1-12(2-4-13)17-9-16(22-28-17)19(24)23(10-15-5-6-18(21)27-15)14-7-8-29(25,26)11-14/h1-6,9,14H,7-8,10-11H2. The van der Waals surface area contributed by atoms with E-state index >= 15 is 0 Å². The number of furan rings is 1. The van der Waals surface area contributed by atoms with E-state index in [4.69, 9.17) is 8.94 Å². The van der Waals surface area contributed by atoms with Crippen molar-refractivity contribution in [1.82, 2.24) is 10.1 Å². The minimum Gasteiger partial charge on any atom is -0.452 e. The number of sulfone groups is 1. The molecule has 29 heavy (non-hydrogen) atoms. The van der Waals surface area contributed by atoms with Gasteiger partial charge < -0.3 is 13.8 Å². The first kappa shape index (κ1) is 20.4. The zero-order valence-electron chi connectivity index (χ0n) is 15.0. The molecule has 10 heteroatoms. The van der Waals surface area contributed by atoms with E-state index in [0.29, 0.717) is 22.6 Å². The van der Waals surface area contributed by atoms with Gasteiger partial charge in [-0.05, 0) is 46.6 Å². The van der Waals surface area contributed by atoms with Crippen molar-refractivity contribution in [3.63, 3.8) is 0 Å². The second-order valence-electron chi connectivity index (χ2n) is 6.78. The average molecular weight is 544 g/mol. The summed E-state index contributed by atoms with van der Waals surface area (Å²) >= 11 is 6.62. The van der Waals surface area contributed by atoms with Gasteiger partial charge in [0.1, 0.15) is 5.76 Å². The predicted molar refractivity (Wildman–Crippen MR) is 113 cm³/mol. The predicted octanol–water partition coefficient (Wildman–Crippen LogP) is 4.29. The highest BCUT2D eigenvalue weighted by molar-refractivity contribution is 9.10. The molecule has 1 aliphatic rings. The van der Waals surface area contributed by atoms with Crippen LogP contribution in [0.2, 0.25) is 0 Å². The number of hydrogen-bond donors (Lipinski definition) is 0. The zero-order chi connectivity index (χ0) is 20.6. The van der Waals surface area contributed by atoms with Gasteiger partial charge in [0, 0.05) is 22.1 Å². The molecule has 0 aliphatic carbocycles. The molecule has 1 saturated heterocycles. The van der Waals surface area contributed by atoms with Gasteiger partial charge in [-0.2, -0.15) is 0 Å². The normalized spacial score (nSPS) is 18.1. The van der Waals surface area contributed by atoms with Crippen LogP contribution in [0.25, 0.3) is 11.3 Å². The van der Waals surface area contributed by atoms with Crippen LogP contribution in [0.3, 0.4) is 0 Å². The fourth-order valence-corrected chi connectivity index (χ4v) is 5.60. The van der Waals surface area contributed by atoms with Gasteiger partial charge in [0.15, 0.2) is 26.0 Å². The lowest BCUT2D eigenvalue weighted by Crippen LogP contribution is -2.40. The lowest BCUT2D eigenvalue weighted by Gasteiger charge is -2.26. The Kier molecular flexibility index (Phi) is 5.67. The third-order valence-electron chi connectivity index (χ3n) is 4.72. The van der Waals surface area contributed by atoms with Crippen LogP contribution < -0.4 is 0 Å². The molecule has 152 valence electrons. The van der Waals surface area contributed by atoms with Crippen LogP contribution >= 0.6 is 31.9 Å². The maximum atomic E-state index is 13.2. The van der Waals surface area contributed by atoms with Crippen molar-refractivity contribution in [2.75, 3.05) is 11.5 Å². The lowest BCUT2D eigenvalue weighted by atomic mass is 10.1. The van der Waals surface area contributed by atoms with E-state index in [1.54, 1.807) is 18.2 Å². The highest BCUT2D eigenvalue weighted by atomic mass is 79.9. The lowest BCUT2D eigenvalue weighted by molar-refractivity contribution is 0.0655. The van der Waals surface area contributed by atoms with Crippen molar-refractivity contribution < 1.29 is 22.2 Å². The fourth-order valence-electron chi connectivity index (χ4n) is 3.27. The smallest absolute Gasteiger partial charge is 0.276 e. The van der Waals surface area contributed by atoms with Crippen molar-refractivity contribution >= 4 is 47.6 Å². The Morgan fingerprint density at radius 3 is 2.55 bits per heavy atom. The molecular weight excluding hydrogens is 528 g/mol. The summed E-state index contributed by atoms with van der Waals surface area (Å²) in [5.41, 5.74) is 0.905. The molecule has 4 rings (SSSR count). The molecule has 2 aromatic heterocycles. The third-order valence-corrected chi connectivity index (χ3v) is 7.43. The van der Waals surface area contributed by atoms with Crippen LogP contribution in [-0.4, -0.2) is 41.9 Å². The summed E-state index contributed by atoms with van der Waals surface area (Å²) in [5.74, 6) is 0.600. The Morgan fingerprint density at radius 1 is 1.17 bits per heavy atom. The molecule has 1 fully saturated rings. The quantitative estimate of drug-likeness (QED) is 0.476. The SMILES string of the molecule is O=C(c1cc(-c2ccc(Br)cc2)on1)N(Cc1ccc(Br)o1)C1CCS(=O)(=O)C1. The Morgan fingerprint density at radius 2 is 1.93 bits per heavy atom. The van der Waals surface area contributed by atoms with Crippen LogP contribution in [0.5, 0.6) is 0 Å². The topological polar surface area (TPSA) is 93.6 Å². The number of carbonyl (C=O) groups is 1. The van der Waals surface area contributed by atoms with Gasteiger partial charge in [-0.3, -0.25) is 4.79 Å². The van der Waals surface area contributed by atoms with E-state index in [2.05, 4.69) is 37.0 Å². The summed E-state index contributed by atoms with van der Waals surface area (Å²) in [6.45, 7) is 0.144. The van der Waals surface area contributed by atoms with Crippen molar-refractivity contribution in [2.24, 2.45) is 0 Å². The molecule has 7 nitrogen and oxygen atoms in total. The Labute approximate surface area is 184 Å². The number of carbonyl (C=O) groups excluding carboxylic acids is 1. The number of benzene rings is 1. The molecule has 1 aliphatic heterocycles. The van der Waals surface area contributed by atoms with Gasteiger partial charge in [0.25, 0.3) is 5.91 Å². The van der Waals surface area contributed by atoms with Crippen LogP contribution in [0.1, 0.15) is 22.7 Å². The molecule has 0 saturated carbocycles. The first-order valence-corrected chi connectivity index (χ1v) is 12.2. The molecule has 0 N–H and O–H groups in total. The number of amides is 1. The van der Waals surface area contributed by atoms with Crippen molar-refractivity contribution in [1.29, 1.82) is 0 Å². The summed E-state index contributed by atoms with van der Waals surface area (Å²) in [5, 5.41) is 3.92. The molecular formula is C19H16Br2N2O5S. The summed E-state index contributed by atoms with van der Waals surface area (Å²) in [7, 11) is -3.17. The average Bonchev–Trinajstić information content (AvgIpc) is 3.40. The van der Waals surface area contributed by atoms with Crippen LogP contribution in [-0.2, 0) is 16.4 Å². The van der Waals surface area contributed by atoms with E-state index in [1.807, 2.05) is 24.3 Å². The van der Waals surface area contributed by atoms with Crippen molar-refractivity contribution in [3.05, 3.63) is 63.1 Å². The Balaban J connectivity index is 1.61. The molecule has 1 atom stereocenters. The summed E-state index contributed by atoms with van der Waals surface area (Å²) in [4.78, 5) is 14.7. The molecule has 3 heterocycles. The summed E-state index contributed by atoms with van der Waals surface area (Å²) in [6.07, 6.45) is 0.382. The molecule has 1 aromatic carbocycles. The molecule has 0 radical (unpaired) electrons. The van der Waals surface area contributed by atoms with Gasteiger partial charge >= 0.3 is 0 Å². The minimum absolute atomic E-state index is 0.0618. The van der Waals surface area contributed by atoms with Gasteiger partial charge in [0.05, 0.1) is 18.1 Å². The molecule has 1 unspecified atom stereocenters. The van der Waals surface area contributed by atoms with E-state index in [-0.39, 0.29) is 23.7 Å². The maximum Gasteiger partial charge on any atom is 0.276 e. The van der Waals surface area contributed by atoms with Gasteiger partial charge in [-0.1, -0.05) is 33.2 Å². The number of aromatic nitrogens is 1. The highest BCUT2D eigenvalue weighted by Crippen LogP contribution is 2.26. The molecule has 3 aromatic rings. The molecule has 0 spiro atoms. The van der Waals surface area contributed by atoms with Gasteiger partial charge in [-0.25, -0.2) is 8.42 Å². The number of rotatable bonds is 5. The van der Waals surface area contributed by atoms with Gasteiger partial charge in [-0.15, -0.1) is 0 Å². The van der Waals surface area contributed by atoms with E-state index < -0.39 is 21.8 Å². The van der Waals surface area contributed by atoms with Crippen molar-refractivity contribution in [3.8, 4) is 11.3 Å². The van der Waals surface area contributed by atoms with Crippen LogP contribution in [0.15, 0.2) is 60.5 Å². The first-order chi connectivity index (χ1) is 13.8. The molecule has 1 amide bonds. The monoisotopic (exact) mass is 542 g/mol. The van der Waals surface area contributed by atoms with Crippen LogP contribution in [0.4, 0.5) is 0 Å². The van der Waals surface area contributed by atoms with Crippen LogP contribution in [0, 0.1) is 0 Å². The number of halogens is 2. The first-order valence-electron chi connectivity index (χ1n) is 8.79.